The number of ether oxygens (including phenoxy) is 2. The number of halogens is 2. The summed E-state index contributed by atoms with van der Waals surface area (Å²) in [6.45, 7) is 0.157. The summed E-state index contributed by atoms with van der Waals surface area (Å²) in [5.74, 6) is 0.886. The maximum Gasteiger partial charge on any atom is 0.269 e. The number of carbonyl (C=O) groups is 1. The van der Waals surface area contributed by atoms with Gasteiger partial charge in [0, 0.05) is 5.69 Å². The van der Waals surface area contributed by atoms with Gasteiger partial charge >= 0.3 is 0 Å². The quantitative estimate of drug-likeness (QED) is 0.915. The average Bonchev–Trinajstić information content (AvgIpc) is 2.50. The number of fused-ring (bicyclic) bond motifs is 1. The number of benzene rings is 2. The van der Waals surface area contributed by atoms with Gasteiger partial charge in [0.1, 0.15) is 6.61 Å². The molecule has 6 heteroatoms. The van der Waals surface area contributed by atoms with Crippen molar-refractivity contribution in [3.8, 4) is 11.5 Å². The summed E-state index contributed by atoms with van der Waals surface area (Å²) >= 11 is 11.7. The van der Waals surface area contributed by atoms with Crippen molar-refractivity contribution in [2.45, 2.75) is 6.10 Å². The number of nitrogens with one attached hydrogen (secondary N) is 1. The maximum atomic E-state index is 12.2. The highest BCUT2D eigenvalue weighted by Crippen LogP contribution is 2.31. The Kier molecular flexibility index (Phi) is 3.90. The van der Waals surface area contributed by atoms with E-state index in [2.05, 4.69) is 5.32 Å². The summed E-state index contributed by atoms with van der Waals surface area (Å²) in [5.41, 5.74) is 0.553. The number of carbonyl (C=O) groups excluding carboxylic acids is 1. The normalized spacial score (nSPS) is 16.4. The van der Waals surface area contributed by atoms with Crippen molar-refractivity contribution >= 4 is 34.8 Å². The van der Waals surface area contributed by atoms with Crippen molar-refractivity contribution in [2.75, 3.05) is 11.9 Å². The summed E-state index contributed by atoms with van der Waals surface area (Å²) in [7, 11) is 0. The number of hydrogen-bond acceptors (Lipinski definition) is 3. The SMILES string of the molecule is O=C(Nc1ccc(Cl)c(Cl)c1)[C@H]1COc2ccccc2O1. The molecule has 2 aromatic rings. The Morgan fingerprint density at radius 1 is 1.10 bits per heavy atom. The molecule has 0 unspecified atom stereocenters. The Balaban J connectivity index is 1.70. The molecule has 1 aliphatic rings. The molecule has 0 radical (unpaired) electrons. The Morgan fingerprint density at radius 3 is 2.62 bits per heavy atom. The first-order valence-corrected chi connectivity index (χ1v) is 7.03. The first kappa shape index (κ1) is 14.0. The molecule has 1 N–H and O–H groups in total. The molecule has 2 aromatic carbocycles. The van der Waals surface area contributed by atoms with Gasteiger partial charge in [-0.3, -0.25) is 4.79 Å². The van der Waals surface area contributed by atoms with Crippen LogP contribution in [0.2, 0.25) is 10.0 Å². The molecule has 1 aliphatic heterocycles. The fourth-order valence-electron chi connectivity index (χ4n) is 1.95. The lowest BCUT2D eigenvalue weighted by Crippen LogP contribution is -2.40. The lowest BCUT2D eigenvalue weighted by Gasteiger charge is -2.25. The molecular formula is C15H11Cl2NO3. The third-order valence-electron chi connectivity index (χ3n) is 2.99. The van der Waals surface area contributed by atoms with Crippen molar-refractivity contribution in [2.24, 2.45) is 0 Å². The van der Waals surface area contributed by atoms with Crippen LogP contribution in [-0.2, 0) is 4.79 Å². The van der Waals surface area contributed by atoms with E-state index in [0.717, 1.165) is 0 Å². The van der Waals surface area contributed by atoms with Gasteiger partial charge in [-0.2, -0.15) is 0 Å². The van der Waals surface area contributed by atoms with Crippen molar-refractivity contribution in [1.29, 1.82) is 0 Å². The van der Waals surface area contributed by atoms with E-state index in [9.17, 15) is 4.79 Å². The molecule has 3 rings (SSSR count). The van der Waals surface area contributed by atoms with Crippen molar-refractivity contribution < 1.29 is 14.3 Å². The number of amides is 1. The summed E-state index contributed by atoms with van der Waals surface area (Å²) < 4.78 is 11.1. The molecule has 4 nitrogen and oxygen atoms in total. The van der Waals surface area contributed by atoms with Crippen LogP contribution in [0.15, 0.2) is 42.5 Å². The van der Waals surface area contributed by atoms with E-state index < -0.39 is 6.10 Å². The van der Waals surface area contributed by atoms with Gasteiger partial charge in [0.25, 0.3) is 5.91 Å². The van der Waals surface area contributed by atoms with Gasteiger partial charge in [-0.05, 0) is 30.3 Å². The van der Waals surface area contributed by atoms with E-state index in [4.69, 9.17) is 32.7 Å². The van der Waals surface area contributed by atoms with E-state index in [0.29, 0.717) is 27.2 Å². The Hall–Kier alpha value is -1.91. The van der Waals surface area contributed by atoms with Crippen LogP contribution in [0.4, 0.5) is 5.69 Å². The van der Waals surface area contributed by atoms with Crippen LogP contribution >= 0.6 is 23.2 Å². The van der Waals surface area contributed by atoms with Gasteiger partial charge in [0.05, 0.1) is 10.0 Å². The van der Waals surface area contributed by atoms with E-state index in [1.807, 2.05) is 12.1 Å². The van der Waals surface area contributed by atoms with Gasteiger partial charge in [0.2, 0.25) is 6.10 Å². The molecule has 1 atom stereocenters. The van der Waals surface area contributed by atoms with E-state index in [-0.39, 0.29) is 12.5 Å². The smallest absolute Gasteiger partial charge is 0.269 e. The predicted octanol–water partition coefficient (Wildman–Crippen LogP) is 3.77. The number of para-hydroxylation sites is 2. The molecule has 0 saturated carbocycles. The first-order valence-electron chi connectivity index (χ1n) is 6.28. The molecule has 108 valence electrons. The highest BCUT2D eigenvalue weighted by Gasteiger charge is 2.27. The zero-order chi connectivity index (χ0) is 14.8. The van der Waals surface area contributed by atoms with Crippen LogP contribution in [-0.4, -0.2) is 18.6 Å². The fraction of sp³-hybridized carbons (Fsp3) is 0.133. The summed E-state index contributed by atoms with van der Waals surface area (Å²) in [6, 6.07) is 12.1. The molecule has 0 aliphatic carbocycles. The van der Waals surface area contributed by atoms with Crippen molar-refractivity contribution in [3.63, 3.8) is 0 Å². The van der Waals surface area contributed by atoms with Crippen LogP contribution < -0.4 is 14.8 Å². The Bertz CT molecular complexity index is 690. The van der Waals surface area contributed by atoms with Crippen LogP contribution in [0, 0.1) is 0 Å². The largest absolute Gasteiger partial charge is 0.485 e. The molecule has 0 fully saturated rings. The Labute approximate surface area is 131 Å². The standard InChI is InChI=1S/C15H11Cl2NO3/c16-10-6-5-9(7-11(10)17)18-15(19)14-8-20-12-3-1-2-4-13(12)21-14/h1-7,14H,8H2,(H,18,19)/t14-/m1/s1. The number of hydrogen-bond donors (Lipinski definition) is 1. The van der Waals surface area contributed by atoms with Gasteiger partial charge in [0.15, 0.2) is 11.5 Å². The highest BCUT2D eigenvalue weighted by molar-refractivity contribution is 6.42. The number of rotatable bonds is 2. The minimum absolute atomic E-state index is 0.157. The van der Waals surface area contributed by atoms with Gasteiger partial charge < -0.3 is 14.8 Å². The Morgan fingerprint density at radius 2 is 1.86 bits per heavy atom. The lowest BCUT2D eigenvalue weighted by atomic mass is 10.2. The monoisotopic (exact) mass is 323 g/mol. The molecule has 0 aromatic heterocycles. The van der Waals surface area contributed by atoms with Crippen LogP contribution in [0.25, 0.3) is 0 Å². The molecular weight excluding hydrogens is 313 g/mol. The van der Waals surface area contributed by atoms with Crippen LogP contribution in [0.5, 0.6) is 11.5 Å². The first-order chi connectivity index (χ1) is 10.1. The fourth-order valence-corrected chi connectivity index (χ4v) is 2.24. The third kappa shape index (κ3) is 3.06. The highest BCUT2D eigenvalue weighted by atomic mass is 35.5. The molecule has 0 spiro atoms. The molecule has 0 saturated heterocycles. The summed E-state index contributed by atoms with van der Waals surface area (Å²) in [6.07, 6.45) is -0.714. The summed E-state index contributed by atoms with van der Waals surface area (Å²) in [4.78, 5) is 12.2. The van der Waals surface area contributed by atoms with E-state index in [1.165, 1.54) is 0 Å². The lowest BCUT2D eigenvalue weighted by molar-refractivity contribution is -0.125. The molecule has 21 heavy (non-hydrogen) atoms. The second kappa shape index (κ2) is 5.84. The van der Waals surface area contributed by atoms with Crippen LogP contribution in [0.1, 0.15) is 0 Å². The minimum atomic E-state index is -0.714. The van der Waals surface area contributed by atoms with Crippen LogP contribution in [0.3, 0.4) is 0 Å². The molecule has 0 bridgehead atoms. The van der Waals surface area contributed by atoms with Crippen molar-refractivity contribution in [1.82, 2.24) is 0 Å². The second-order valence-electron chi connectivity index (χ2n) is 4.48. The number of anilines is 1. The van der Waals surface area contributed by atoms with E-state index in [1.54, 1.807) is 30.3 Å². The topological polar surface area (TPSA) is 47.6 Å². The molecule has 1 amide bonds. The zero-order valence-corrected chi connectivity index (χ0v) is 12.3. The van der Waals surface area contributed by atoms with Gasteiger partial charge in [-0.1, -0.05) is 35.3 Å². The van der Waals surface area contributed by atoms with Crippen molar-refractivity contribution in [3.05, 3.63) is 52.5 Å². The minimum Gasteiger partial charge on any atom is -0.485 e. The average molecular weight is 324 g/mol. The summed E-state index contributed by atoms with van der Waals surface area (Å²) in [5, 5.41) is 3.53. The van der Waals surface area contributed by atoms with Gasteiger partial charge in [-0.25, -0.2) is 0 Å². The predicted molar refractivity (Wildman–Crippen MR) is 81.4 cm³/mol. The second-order valence-corrected chi connectivity index (χ2v) is 5.30. The van der Waals surface area contributed by atoms with Gasteiger partial charge in [-0.15, -0.1) is 0 Å². The zero-order valence-electron chi connectivity index (χ0n) is 10.8. The molecule has 1 heterocycles. The third-order valence-corrected chi connectivity index (χ3v) is 3.73. The van der Waals surface area contributed by atoms with E-state index >= 15 is 0 Å². The maximum absolute atomic E-state index is 12.2.